The van der Waals surface area contributed by atoms with E-state index < -0.39 is 0 Å². The lowest BCUT2D eigenvalue weighted by atomic mass is 10.1. The molecule has 2 saturated heterocycles. The molecule has 0 aliphatic carbocycles. The molecule has 0 atom stereocenters. The van der Waals surface area contributed by atoms with Gasteiger partial charge in [-0.25, -0.2) is 0 Å². The second-order valence-electron chi connectivity index (χ2n) is 5.97. The molecule has 4 nitrogen and oxygen atoms in total. The Labute approximate surface area is 137 Å². The fourth-order valence-corrected chi connectivity index (χ4v) is 3.80. The topological polar surface area (TPSA) is 39.5 Å². The summed E-state index contributed by atoms with van der Waals surface area (Å²) in [5.74, 6) is 0. The van der Waals surface area contributed by atoms with Crippen LogP contribution in [0.25, 0.3) is 0 Å². The Morgan fingerprint density at radius 1 is 1.14 bits per heavy atom. The molecule has 0 aromatic heterocycles. The van der Waals surface area contributed by atoms with E-state index in [-0.39, 0.29) is 0 Å². The van der Waals surface area contributed by atoms with Gasteiger partial charge in [0.05, 0.1) is 16.3 Å². The first-order valence-electron chi connectivity index (χ1n) is 8.05. The van der Waals surface area contributed by atoms with E-state index in [0.29, 0.717) is 16.6 Å². The summed E-state index contributed by atoms with van der Waals surface area (Å²) in [4.78, 5) is 4.87. The molecular formula is C17H22ClN3O. The maximum atomic E-state index is 9.34. The van der Waals surface area contributed by atoms with Crippen LogP contribution in [0, 0.1) is 11.3 Å². The molecule has 2 aliphatic rings. The van der Waals surface area contributed by atoms with Crippen molar-refractivity contribution >= 4 is 17.3 Å². The Morgan fingerprint density at radius 3 is 2.73 bits per heavy atom. The van der Waals surface area contributed by atoms with Crippen LogP contribution in [-0.4, -0.2) is 50.3 Å². The standard InChI is InChI=1S/C17H22ClN3O/c18-16-4-1-3-14(13-19)17(16)21-8-2-7-20(9-10-21)15-5-11-22-12-6-15/h1,3-4,15H,2,5-12H2. The van der Waals surface area contributed by atoms with Crippen molar-refractivity contribution < 1.29 is 4.74 Å². The fourth-order valence-electron chi connectivity index (χ4n) is 3.50. The predicted molar refractivity (Wildman–Crippen MR) is 88.4 cm³/mol. The molecule has 0 amide bonds. The number of hydrogen-bond acceptors (Lipinski definition) is 4. The first-order chi connectivity index (χ1) is 10.8. The number of halogens is 1. The number of anilines is 1. The zero-order valence-electron chi connectivity index (χ0n) is 12.8. The quantitative estimate of drug-likeness (QED) is 0.840. The van der Waals surface area contributed by atoms with Gasteiger partial charge in [-0.15, -0.1) is 0 Å². The monoisotopic (exact) mass is 319 g/mol. The third kappa shape index (κ3) is 3.38. The molecule has 5 heteroatoms. The average molecular weight is 320 g/mol. The van der Waals surface area contributed by atoms with Gasteiger partial charge in [0.25, 0.3) is 0 Å². The Kier molecular flexibility index (Phi) is 5.20. The summed E-state index contributed by atoms with van der Waals surface area (Å²) in [6.45, 7) is 5.80. The van der Waals surface area contributed by atoms with Crippen LogP contribution in [0.1, 0.15) is 24.8 Å². The average Bonchev–Trinajstić information content (AvgIpc) is 2.81. The van der Waals surface area contributed by atoms with E-state index in [1.165, 1.54) is 0 Å². The van der Waals surface area contributed by atoms with Crippen LogP contribution >= 0.6 is 11.6 Å². The highest BCUT2D eigenvalue weighted by atomic mass is 35.5. The maximum Gasteiger partial charge on any atom is 0.101 e. The maximum absolute atomic E-state index is 9.34. The summed E-state index contributed by atoms with van der Waals surface area (Å²) in [6.07, 6.45) is 3.37. The molecule has 0 radical (unpaired) electrons. The number of benzene rings is 1. The van der Waals surface area contributed by atoms with Crippen LogP contribution in [0.3, 0.4) is 0 Å². The zero-order chi connectivity index (χ0) is 15.4. The lowest BCUT2D eigenvalue weighted by Crippen LogP contribution is -2.41. The summed E-state index contributed by atoms with van der Waals surface area (Å²) in [5, 5.41) is 10.0. The van der Waals surface area contributed by atoms with Crippen LogP contribution in [0.4, 0.5) is 5.69 Å². The van der Waals surface area contributed by atoms with Crippen molar-refractivity contribution in [2.45, 2.75) is 25.3 Å². The Balaban J connectivity index is 1.72. The van der Waals surface area contributed by atoms with Crippen molar-refractivity contribution in [3.05, 3.63) is 28.8 Å². The largest absolute Gasteiger partial charge is 0.381 e. The van der Waals surface area contributed by atoms with Crippen molar-refractivity contribution in [1.29, 1.82) is 5.26 Å². The number of nitrogens with zero attached hydrogens (tertiary/aromatic N) is 3. The van der Waals surface area contributed by atoms with Crippen molar-refractivity contribution in [3.63, 3.8) is 0 Å². The third-order valence-corrected chi connectivity index (χ3v) is 4.97. The van der Waals surface area contributed by atoms with Gasteiger partial charge >= 0.3 is 0 Å². The van der Waals surface area contributed by atoms with E-state index in [9.17, 15) is 5.26 Å². The van der Waals surface area contributed by atoms with Crippen LogP contribution in [-0.2, 0) is 4.74 Å². The smallest absolute Gasteiger partial charge is 0.101 e. The van der Waals surface area contributed by atoms with Crippen molar-refractivity contribution in [2.75, 3.05) is 44.3 Å². The minimum absolute atomic E-state index is 0.649. The highest BCUT2D eigenvalue weighted by Gasteiger charge is 2.25. The van der Waals surface area contributed by atoms with Crippen LogP contribution in [0.2, 0.25) is 5.02 Å². The summed E-state index contributed by atoms with van der Waals surface area (Å²) in [5.41, 5.74) is 1.58. The SMILES string of the molecule is N#Cc1cccc(Cl)c1N1CCCN(C2CCOCC2)CC1. The number of nitriles is 1. The minimum atomic E-state index is 0.649. The highest BCUT2D eigenvalue weighted by molar-refractivity contribution is 6.33. The molecule has 118 valence electrons. The molecule has 3 rings (SSSR count). The lowest BCUT2D eigenvalue weighted by Gasteiger charge is -2.33. The van der Waals surface area contributed by atoms with Crippen molar-refractivity contribution in [1.82, 2.24) is 4.90 Å². The van der Waals surface area contributed by atoms with Crippen LogP contribution in [0.5, 0.6) is 0 Å². The predicted octanol–water partition coefficient (Wildman–Crippen LogP) is 2.90. The molecule has 1 aromatic rings. The summed E-state index contributed by atoms with van der Waals surface area (Å²) < 4.78 is 5.47. The van der Waals surface area contributed by atoms with E-state index in [2.05, 4.69) is 15.9 Å². The molecular weight excluding hydrogens is 298 g/mol. The summed E-state index contributed by atoms with van der Waals surface area (Å²) >= 11 is 6.36. The molecule has 1 aromatic carbocycles. The van der Waals surface area contributed by atoms with Gasteiger partial charge in [0, 0.05) is 45.4 Å². The number of para-hydroxylation sites is 1. The summed E-state index contributed by atoms with van der Waals surface area (Å²) in [6, 6.07) is 8.49. The zero-order valence-corrected chi connectivity index (χ0v) is 13.6. The number of ether oxygens (including phenoxy) is 1. The molecule has 0 saturated carbocycles. The van der Waals surface area contributed by atoms with E-state index in [4.69, 9.17) is 16.3 Å². The molecule has 0 bridgehead atoms. The number of rotatable bonds is 2. The number of hydrogen-bond donors (Lipinski definition) is 0. The summed E-state index contributed by atoms with van der Waals surface area (Å²) in [7, 11) is 0. The van der Waals surface area contributed by atoms with E-state index in [1.807, 2.05) is 18.2 Å². The van der Waals surface area contributed by atoms with Gasteiger partial charge in [0.2, 0.25) is 0 Å². The minimum Gasteiger partial charge on any atom is -0.381 e. The Bertz CT molecular complexity index is 551. The second-order valence-corrected chi connectivity index (χ2v) is 6.38. The Morgan fingerprint density at radius 2 is 1.95 bits per heavy atom. The fraction of sp³-hybridized carbons (Fsp3) is 0.588. The van der Waals surface area contributed by atoms with Crippen LogP contribution in [0.15, 0.2) is 18.2 Å². The molecule has 0 spiro atoms. The van der Waals surface area contributed by atoms with Gasteiger partial charge < -0.3 is 9.64 Å². The van der Waals surface area contributed by atoms with E-state index in [1.54, 1.807) is 0 Å². The first kappa shape index (κ1) is 15.6. The molecule has 2 heterocycles. The molecule has 2 aliphatic heterocycles. The van der Waals surface area contributed by atoms with Crippen molar-refractivity contribution in [3.8, 4) is 6.07 Å². The molecule has 22 heavy (non-hydrogen) atoms. The van der Waals surface area contributed by atoms with Gasteiger partial charge in [0.1, 0.15) is 6.07 Å². The molecule has 0 N–H and O–H groups in total. The van der Waals surface area contributed by atoms with Gasteiger partial charge in [-0.1, -0.05) is 17.7 Å². The molecule has 0 unspecified atom stereocenters. The van der Waals surface area contributed by atoms with E-state index >= 15 is 0 Å². The third-order valence-electron chi connectivity index (χ3n) is 4.66. The molecule has 2 fully saturated rings. The van der Waals surface area contributed by atoms with E-state index in [0.717, 1.165) is 64.3 Å². The second kappa shape index (κ2) is 7.32. The highest BCUT2D eigenvalue weighted by Crippen LogP contribution is 2.30. The van der Waals surface area contributed by atoms with Gasteiger partial charge in [-0.2, -0.15) is 5.26 Å². The van der Waals surface area contributed by atoms with Gasteiger partial charge in [-0.3, -0.25) is 4.90 Å². The Hall–Kier alpha value is -1.28. The van der Waals surface area contributed by atoms with Crippen LogP contribution < -0.4 is 4.90 Å². The van der Waals surface area contributed by atoms with Crippen molar-refractivity contribution in [2.24, 2.45) is 0 Å². The normalized spacial score (nSPS) is 21.4. The van der Waals surface area contributed by atoms with Gasteiger partial charge in [-0.05, 0) is 31.4 Å². The lowest BCUT2D eigenvalue weighted by molar-refractivity contribution is 0.0365. The first-order valence-corrected chi connectivity index (χ1v) is 8.43. The van der Waals surface area contributed by atoms with Gasteiger partial charge in [0.15, 0.2) is 0 Å².